The third-order valence-electron chi connectivity index (χ3n) is 5.88. The van der Waals surface area contributed by atoms with Crippen molar-refractivity contribution in [1.82, 2.24) is 9.88 Å². The standard InChI is InChI=1S/C24H24N2O3S/c1-28-23-12-17(7-11-22(23)29-13-18-14-30-15-25-18)24(27)26(19-8-9-19)21-10-6-16-4-2-3-5-20(16)21/h2-5,7,11-12,14-15,19,21H,6,8-10,13H2,1H3. The molecule has 2 aliphatic carbocycles. The maximum absolute atomic E-state index is 13.6. The van der Waals surface area contributed by atoms with Crippen LogP contribution >= 0.6 is 11.3 Å². The zero-order chi connectivity index (χ0) is 20.5. The molecule has 1 amide bonds. The molecular weight excluding hydrogens is 396 g/mol. The molecule has 154 valence electrons. The number of methoxy groups -OCH3 is 1. The minimum atomic E-state index is 0.0727. The first-order valence-corrected chi connectivity index (χ1v) is 11.3. The fraction of sp³-hybridized carbons (Fsp3) is 0.333. The number of aromatic nitrogens is 1. The summed E-state index contributed by atoms with van der Waals surface area (Å²) in [5.41, 5.74) is 5.97. The van der Waals surface area contributed by atoms with Gasteiger partial charge in [-0.15, -0.1) is 11.3 Å². The van der Waals surface area contributed by atoms with Gasteiger partial charge in [-0.3, -0.25) is 4.79 Å². The average Bonchev–Trinajstić information content (AvgIpc) is 3.30. The highest BCUT2D eigenvalue weighted by molar-refractivity contribution is 7.07. The maximum Gasteiger partial charge on any atom is 0.254 e. The molecule has 2 aliphatic rings. The van der Waals surface area contributed by atoms with Crippen molar-refractivity contribution >= 4 is 17.2 Å². The third-order valence-corrected chi connectivity index (χ3v) is 6.52. The second-order valence-corrected chi connectivity index (χ2v) is 8.55. The van der Waals surface area contributed by atoms with Crippen molar-refractivity contribution in [2.45, 2.75) is 44.4 Å². The van der Waals surface area contributed by atoms with E-state index in [1.807, 2.05) is 17.5 Å². The fourth-order valence-electron chi connectivity index (χ4n) is 4.27. The van der Waals surface area contributed by atoms with E-state index < -0.39 is 0 Å². The van der Waals surface area contributed by atoms with Crippen molar-refractivity contribution in [2.75, 3.05) is 7.11 Å². The Kier molecular flexibility index (Phi) is 5.17. The lowest BCUT2D eigenvalue weighted by atomic mass is 10.0. The van der Waals surface area contributed by atoms with Gasteiger partial charge in [-0.2, -0.15) is 0 Å². The number of amides is 1. The number of ether oxygens (including phenoxy) is 2. The van der Waals surface area contributed by atoms with Crippen molar-refractivity contribution in [3.63, 3.8) is 0 Å². The summed E-state index contributed by atoms with van der Waals surface area (Å²) in [5, 5.41) is 1.96. The molecule has 1 aromatic heterocycles. The van der Waals surface area contributed by atoms with Crippen LogP contribution in [-0.2, 0) is 13.0 Å². The van der Waals surface area contributed by atoms with E-state index in [1.54, 1.807) is 18.7 Å². The molecule has 0 radical (unpaired) electrons. The van der Waals surface area contributed by atoms with Crippen LogP contribution in [0.1, 0.15) is 52.5 Å². The lowest BCUT2D eigenvalue weighted by Gasteiger charge is -2.30. The summed E-state index contributed by atoms with van der Waals surface area (Å²) in [6, 6.07) is 14.5. The van der Waals surface area contributed by atoms with Crippen LogP contribution < -0.4 is 9.47 Å². The van der Waals surface area contributed by atoms with Crippen molar-refractivity contribution < 1.29 is 14.3 Å². The minimum Gasteiger partial charge on any atom is -0.493 e. The van der Waals surface area contributed by atoms with Gasteiger partial charge in [0.15, 0.2) is 11.5 Å². The highest BCUT2D eigenvalue weighted by atomic mass is 32.1. The molecule has 5 rings (SSSR count). The van der Waals surface area contributed by atoms with Gasteiger partial charge in [0.2, 0.25) is 0 Å². The predicted molar refractivity (Wildman–Crippen MR) is 116 cm³/mol. The van der Waals surface area contributed by atoms with Crippen LogP contribution in [0.4, 0.5) is 0 Å². The molecule has 0 bridgehead atoms. The largest absolute Gasteiger partial charge is 0.493 e. The van der Waals surface area contributed by atoms with Crippen molar-refractivity contribution in [2.24, 2.45) is 0 Å². The number of aryl methyl sites for hydroxylation is 1. The van der Waals surface area contributed by atoms with E-state index >= 15 is 0 Å². The second kappa shape index (κ2) is 8.11. The Balaban J connectivity index is 1.39. The summed E-state index contributed by atoms with van der Waals surface area (Å²) in [6.45, 7) is 0.375. The molecule has 0 spiro atoms. The Morgan fingerprint density at radius 2 is 2.03 bits per heavy atom. The Hall–Kier alpha value is -2.86. The van der Waals surface area contributed by atoms with Gasteiger partial charge in [0, 0.05) is 17.0 Å². The number of hydrogen-bond donors (Lipinski definition) is 0. The number of carbonyl (C=O) groups is 1. The first-order valence-electron chi connectivity index (χ1n) is 10.3. The normalized spacial score (nSPS) is 17.4. The summed E-state index contributed by atoms with van der Waals surface area (Å²) >= 11 is 1.54. The first kappa shape index (κ1) is 19.1. The van der Waals surface area contributed by atoms with Crippen LogP contribution in [0.3, 0.4) is 0 Å². The summed E-state index contributed by atoms with van der Waals surface area (Å²) in [4.78, 5) is 19.9. The topological polar surface area (TPSA) is 51.7 Å². The number of nitrogens with zero attached hydrogens (tertiary/aromatic N) is 2. The van der Waals surface area contributed by atoms with E-state index in [0.717, 1.165) is 31.4 Å². The van der Waals surface area contributed by atoms with E-state index in [0.29, 0.717) is 29.7 Å². The summed E-state index contributed by atoms with van der Waals surface area (Å²) in [6.07, 6.45) is 4.18. The van der Waals surface area contributed by atoms with Gasteiger partial charge in [-0.25, -0.2) is 4.98 Å². The molecule has 1 fully saturated rings. The smallest absolute Gasteiger partial charge is 0.254 e. The van der Waals surface area contributed by atoms with E-state index in [9.17, 15) is 4.79 Å². The van der Waals surface area contributed by atoms with Crippen LogP contribution in [0.25, 0.3) is 0 Å². The van der Waals surface area contributed by atoms with Crippen molar-refractivity contribution in [1.29, 1.82) is 0 Å². The molecule has 1 saturated carbocycles. The van der Waals surface area contributed by atoms with Crippen LogP contribution in [0, 0.1) is 0 Å². The molecule has 3 aromatic rings. The summed E-state index contributed by atoms with van der Waals surface area (Å²) in [7, 11) is 1.60. The van der Waals surface area contributed by atoms with Gasteiger partial charge in [0.1, 0.15) is 6.61 Å². The lowest BCUT2D eigenvalue weighted by molar-refractivity contribution is 0.0657. The molecule has 6 heteroatoms. The van der Waals surface area contributed by atoms with E-state index in [1.165, 1.54) is 22.5 Å². The van der Waals surface area contributed by atoms with Gasteiger partial charge in [0.05, 0.1) is 24.4 Å². The molecule has 30 heavy (non-hydrogen) atoms. The molecule has 0 saturated heterocycles. The molecule has 5 nitrogen and oxygen atoms in total. The Labute approximate surface area is 180 Å². The van der Waals surface area contributed by atoms with Gasteiger partial charge in [0.25, 0.3) is 5.91 Å². The molecular formula is C24H24N2O3S. The van der Waals surface area contributed by atoms with Crippen LogP contribution in [0.2, 0.25) is 0 Å². The van der Waals surface area contributed by atoms with Crippen LogP contribution in [0.15, 0.2) is 53.4 Å². The Bertz CT molecular complexity index is 1050. The molecule has 0 aliphatic heterocycles. The SMILES string of the molecule is COc1cc(C(=O)N(C2CC2)C2CCc3ccccc32)ccc1OCc1cscn1. The number of benzene rings is 2. The van der Waals surface area contributed by atoms with E-state index in [2.05, 4.69) is 34.1 Å². The van der Waals surface area contributed by atoms with Gasteiger partial charge in [-0.05, 0) is 55.0 Å². The zero-order valence-electron chi connectivity index (χ0n) is 16.9. The number of carbonyl (C=O) groups excluding carboxylic acids is 1. The van der Waals surface area contributed by atoms with E-state index in [4.69, 9.17) is 9.47 Å². The number of thiazole rings is 1. The first-order chi connectivity index (χ1) is 14.7. The second-order valence-electron chi connectivity index (χ2n) is 7.83. The van der Waals surface area contributed by atoms with Gasteiger partial charge in [-0.1, -0.05) is 24.3 Å². The third kappa shape index (κ3) is 3.67. The van der Waals surface area contributed by atoms with Crippen molar-refractivity contribution in [3.8, 4) is 11.5 Å². The molecule has 0 N–H and O–H groups in total. The molecule has 2 aromatic carbocycles. The van der Waals surface area contributed by atoms with E-state index in [-0.39, 0.29) is 11.9 Å². The minimum absolute atomic E-state index is 0.0727. The highest BCUT2D eigenvalue weighted by Crippen LogP contribution is 2.43. The quantitative estimate of drug-likeness (QED) is 0.538. The maximum atomic E-state index is 13.6. The average molecular weight is 421 g/mol. The fourth-order valence-corrected chi connectivity index (χ4v) is 4.81. The molecule has 1 unspecified atom stereocenters. The van der Waals surface area contributed by atoms with Gasteiger partial charge >= 0.3 is 0 Å². The number of hydrogen-bond acceptors (Lipinski definition) is 5. The van der Waals surface area contributed by atoms with Crippen LogP contribution in [0.5, 0.6) is 11.5 Å². The summed E-state index contributed by atoms with van der Waals surface area (Å²) < 4.78 is 11.4. The summed E-state index contributed by atoms with van der Waals surface area (Å²) in [5.74, 6) is 1.26. The van der Waals surface area contributed by atoms with Crippen molar-refractivity contribution in [3.05, 3.63) is 75.7 Å². The zero-order valence-corrected chi connectivity index (χ0v) is 17.7. The Morgan fingerprint density at radius 1 is 1.17 bits per heavy atom. The van der Waals surface area contributed by atoms with Crippen LogP contribution in [-0.4, -0.2) is 28.9 Å². The Morgan fingerprint density at radius 3 is 2.80 bits per heavy atom. The van der Waals surface area contributed by atoms with Gasteiger partial charge < -0.3 is 14.4 Å². The predicted octanol–water partition coefficient (Wildman–Crippen LogP) is 5.02. The molecule has 1 atom stereocenters. The monoisotopic (exact) mass is 420 g/mol. The molecule has 1 heterocycles. The highest BCUT2D eigenvalue weighted by Gasteiger charge is 2.40. The number of fused-ring (bicyclic) bond motifs is 1. The number of rotatable bonds is 7. The lowest BCUT2D eigenvalue weighted by Crippen LogP contribution is -2.36.